The van der Waals surface area contributed by atoms with Crippen molar-refractivity contribution in [3.63, 3.8) is 0 Å². The van der Waals surface area contributed by atoms with Crippen LogP contribution in [0.1, 0.15) is 25.0 Å². The van der Waals surface area contributed by atoms with Crippen LogP contribution in [0.25, 0.3) is 0 Å². The predicted molar refractivity (Wildman–Crippen MR) is 96.2 cm³/mol. The Morgan fingerprint density at radius 2 is 1.64 bits per heavy atom. The molecule has 5 nitrogen and oxygen atoms in total. The summed E-state index contributed by atoms with van der Waals surface area (Å²) in [6.07, 6.45) is 0. The van der Waals surface area contributed by atoms with Crippen LogP contribution in [0, 0.1) is 5.92 Å². The van der Waals surface area contributed by atoms with E-state index in [1.165, 1.54) is 0 Å². The first kappa shape index (κ1) is 15.7. The normalized spacial score (nSPS) is 24.2. The Morgan fingerprint density at radius 3 is 2.32 bits per heavy atom. The molecule has 25 heavy (non-hydrogen) atoms. The lowest BCUT2D eigenvalue weighted by molar-refractivity contribution is -0.138. The molecule has 4 rings (SSSR count). The Bertz CT molecular complexity index is 843. The number of carbonyl (C=O) groups is 1. The average Bonchev–Trinajstić information content (AvgIpc) is 2.95. The summed E-state index contributed by atoms with van der Waals surface area (Å²) >= 11 is 0. The molecule has 0 aromatic heterocycles. The Balaban J connectivity index is 1.76. The second-order valence-electron chi connectivity index (χ2n) is 7.02. The molecule has 2 heterocycles. The van der Waals surface area contributed by atoms with Crippen molar-refractivity contribution in [2.24, 2.45) is 21.2 Å². The van der Waals surface area contributed by atoms with E-state index in [4.69, 9.17) is 0 Å². The summed E-state index contributed by atoms with van der Waals surface area (Å²) in [5, 5.41) is 15.0. The predicted octanol–water partition coefficient (Wildman–Crippen LogP) is 3.66. The molecule has 1 amide bonds. The molecule has 0 fully saturated rings. The Kier molecular flexibility index (Phi) is 3.71. The van der Waals surface area contributed by atoms with E-state index in [9.17, 15) is 4.79 Å². The molecule has 126 valence electrons. The van der Waals surface area contributed by atoms with Gasteiger partial charge in [-0.05, 0) is 19.4 Å². The van der Waals surface area contributed by atoms with Gasteiger partial charge in [0.05, 0.1) is 23.7 Å². The molecule has 0 bridgehead atoms. The van der Waals surface area contributed by atoms with Crippen LogP contribution >= 0.6 is 0 Å². The van der Waals surface area contributed by atoms with Crippen molar-refractivity contribution >= 4 is 11.6 Å². The van der Waals surface area contributed by atoms with Crippen molar-refractivity contribution < 1.29 is 4.79 Å². The average molecular weight is 332 g/mol. The zero-order chi connectivity index (χ0) is 17.4. The number of carbonyl (C=O) groups excluding carboxylic acids is 1. The van der Waals surface area contributed by atoms with E-state index in [0.717, 1.165) is 16.8 Å². The number of hydrazone groups is 1. The van der Waals surface area contributed by atoms with Crippen LogP contribution in [0.3, 0.4) is 0 Å². The van der Waals surface area contributed by atoms with E-state index >= 15 is 0 Å². The molecular weight excluding hydrogens is 312 g/mol. The van der Waals surface area contributed by atoms with Gasteiger partial charge < -0.3 is 0 Å². The third-order valence-electron chi connectivity index (χ3n) is 4.79. The van der Waals surface area contributed by atoms with Crippen LogP contribution in [0.2, 0.25) is 0 Å². The highest BCUT2D eigenvalue weighted by molar-refractivity contribution is 6.09. The molecule has 0 aliphatic carbocycles. The largest absolute Gasteiger partial charge is 0.272 e. The molecule has 0 saturated heterocycles. The molecular formula is C20H20N4O. The summed E-state index contributed by atoms with van der Waals surface area (Å²) in [7, 11) is 0. The maximum Gasteiger partial charge on any atom is 0.251 e. The van der Waals surface area contributed by atoms with E-state index in [0.29, 0.717) is 6.54 Å². The van der Waals surface area contributed by atoms with Crippen LogP contribution in [-0.2, 0) is 11.3 Å². The van der Waals surface area contributed by atoms with Crippen molar-refractivity contribution in [1.29, 1.82) is 0 Å². The molecule has 0 spiro atoms. The maximum atomic E-state index is 13.1. The lowest BCUT2D eigenvalue weighted by Gasteiger charge is -2.35. The molecule has 0 unspecified atom stereocenters. The van der Waals surface area contributed by atoms with Crippen molar-refractivity contribution in [3.05, 3.63) is 71.8 Å². The van der Waals surface area contributed by atoms with Gasteiger partial charge in [-0.2, -0.15) is 15.3 Å². The number of hydrogen-bond acceptors (Lipinski definition) is 4. The van der Waals surface area contributed by atoms with Gasteiger partial charge in [0.2, 0.25) is 0 Å². The van der Waals surface area contributed by atoms with Gasteiger partial charge in [-0.25, -0.2) is 5.01 Å². The summed E-state index contributed by atoms with van der Waals surface area (Å²) in [6.45, 7) is 4.39. The Hall–Kier alpha value is -2.82. The molecule has 0 N–H and O–H groups in total. The van der Waals surface area contributed by atoms with Gasteiger partial charge in [0, 0.05) is 5.56 Å². The zero-order valence-corrected chi connectivity index (χ0v) is 14.3. The fourth-order valence-corrected chi connectivity index (χ4v) is 3.48. The molecule has 0 saturated carbocycles. The first-order valence-corrected chi connectivity index (χ1v) is 8.47. The number of nitrogens with zero attached hydrogens (tertiary/aromatic N) is 4. The smallest absolute Gasteiger partial charge is 0.251 e. The third kappa shape index (κ3) is 2.76. The monoisotopic (exact) mass is 332 g/mol. The van der Waals surface area contributed by atoms with Gasteiger partial charge in [-0.15, -0.1) is 0 Å². The molecule has 2 aliphatic rings. The van der Waals surface area contributed by atoms with E-state index in [2.05, 4.69) is 15.3 Å². The van der Waals surface area contributed by atoms with E-state index in [1.54, 1.807) is 5.01 Å². The molecule has 0 radical (unpaired) electrons. The maximum absolute atomic E-state index is 13.1. The topological polar surface area (TPSA) is 57.4 Å². The highest BCUT2D eigenvalue weighted by Crippen LogP contribution is 2.39. The molecule has 5 heteroatoms. The summed E-state index contributed by atoms with van der Waals surface area (Å²) < 4.78 is 0. The first-order chi connectivity index (χ1) is 12.1. The van der Waals surface area contributed by atoms with Crippen molar-refractivity contribution in [2.75, 3.05) is 0 Å². The number of rotatable bonds is 3. The summed E-state index contributed by atoms with van der Waals surface area (Å²) in [5.74, 6) is -0.326. The van der Waals surface area contributed by atoms with E-state index in [-0.39, 0.29) is 17.9 Å². The number of amides is 1. The number of benzene rings is 2. The minimum absolute atomic E-state index is 0.0106. The lowest BCUT2D eigenvalue weighted by atomic mass is 9.79. The molecule has 2 atom stereocenters. The van der Waals surface area contributed by atoms with Crippen LogP contribution in [0.15, 0.2) is 76.0 Å². The quantitative estimate of drug-likeness (QED) is 0.846. The summed E-state index contributed by atoms with van der Waals surface area (Å²) in [5.41, 5.74) is 2.33. The van der Waals surface area contributed by atoms with Crippen molar-refractivity contribution in [1.82, 2.24) is 5.01 Å². The highest BCUT2D eigenvalue weighted by Gasteiger charge is 2.52. The Labute approximate surface area is 147 Å². The summed E-state index contributed by atoms with van der Waals surface area (Å²) in [6, 6.07) is 19.5. The molecule has 2 aliphatic heterocycles. The van der Waals surface area contributed by atoms with Gasteiger partial charge in [0.25, 0.3) is 5.91 Å². The highest BCUT2D eigenvalue weighted by atomic mass is 16.2. The van der Waals surface area contributed by atoms with E-state index < -0.39 is 5.54 Å². The third-order valence-corrected chi connectivity index (χ3v) is 4.79. The van der Waals surface area contributed by atoms with Gasteiger partial charge in [-0.3, -0.25) is 4.79 Å². The van der Waals surface area contributed by atoms with Crippen molar-refractivity contribution in [2.45, 2.75) is 32.0 Å². The zero-order valence-electron chi connectivity index (χ0n) is 14.3. The van der Waals surface area contributed by atoms with E-state index in [1.807, 2.05) is 74.5 Å². The van der Waals surface area contributed by atoms with Crippen LogP contribution in [-0.4, -0.2) is 28.2 Å². The van der Waals surface area contributed by atoms with Crippen molar-refractivity contribution in [3.8, 4) is 0 Å². The number of azo groups is 1. The SMILES string of the molecule is CC1(C)N=N[C@@H]2C(c3ccccc3)=NN(Cc3ccccc3)C(=O)[C@@H]21. The minimum atomic E-state index is -0.521. The van der Waals surface area contributed by atoms with Gasteiger partial charge in [-0.1, -0.05) is 60.7 Å². The van der Waals surface area contributed by atoms with Crippen LogP contribution < -0.4 is 0 Å². The van der Waals surface area contributed by atoms with Gasteiger partial charge >= 0.3 is 0 Å². The van der Waals surface area contributed by atoms with Crippen LogP contribution in [0.5, 0.6) is 0 Å². The second-order valence-corrected chi connectivity index (χ2v) is 7.02. The van der Waals surface area contributed by atoms with Gasteiger partial charge in [0.1, 0.15) is 6.04 Å². The second kappa shape index (κ2) is 5.92. The first-order valence-electron chi connectivity index (χ1n) is 8.47. The standard InChI is InChI=1S/C20H20N4O/c1-20(2)16-18(21-23-20)17(15-11-7-4-8-12-15)22-24(19(16)25)13-14-9-5-3-6-10-14/h3-12,16,18H,13H2,1-2H3/t16-,18+/m1/s1. The van der Waals surface area contributed by atoms with Crippen LogP contribution in [0.4, 0.5) is 0 Å². The van der Waals surface area contributed by atoms with Gasteiger partial charge in [0.15, 0.2) is 0 Å². The lowest BCUT2D eigenvalue weighted by Crippen LogP contribution is -2.51. The Morgan fingerprint density at radius 1 is 1.00 bits per heavy atom. The number of hydrogen-bond donors (Lipinski definition) is 0. The summed E-state index contributed by atoms with van der Waals surface area (Å²) in [4.78, 5) is 13.1. The fourth-order valence-electron chi connectivity index (χ4n) is 3.48. The fraction of sp³-hybridized carbons (Fsp3) is 0.300. The molecule has 2 aromatic carbocycles. The molecule has 2 aromatic rings. The number of fused-ring (bicyclic) bond motifs is 1. The minimum Gasteiger partial charge on any atom is -0.272 e.